The number of nitrogens with one attached hydrogen (secondary N) is 1. The molecule has 0 amide bonds. The Bertz CT molecular complexity index is 1060. The minimum absolute atomic E-state index is 0.0478. The molecule has 0 bridgehead atoms. The van der Waals surface area contributed by atoms with Crippen LogP contribution < -0.4 is 5.32 Å². The number of rotatable bonds is 1. The van der Waals surface area contributed by atoms with Gasteiger partial charge < -0.3 is 10.1 Å². The highest BCUT2D eigenvalue weighted by Crippen LogP contribution is 2.51. The zero-order valence-electron chi connectivity index (χ0n) is 15.7. The Hall–Kier alpha value is -2.53. The van der Waals surface area contributed by atoms with Gasteiger partial charge in [-0.2, -0.15) is 0 Å². The van der Waals surface area contributed by atoms with Gasteiger partial charge in [-0.15, -0.1) is 0 Å². The van der Waals surface area contributed by atoms with Crippen molar-refractivity contribution in [2.24, 2.45) is 0 Å². The molecule has 138 valence electrons. The van der Waals surface area contributed by atoms with Gasteiger partial charge >= 0.3 is 0 Å². The van der Waals surface area contributed by atoms with Crippen molar-refractivity contribution in [3.05, 3.63) is 54.1 Å². The second-order valence-electron chi connectivity index (χ2n) is 8.38. The summed E-state index contributed by atoms with van der Waals surface area (Å²) in [6.07, 6.45) is 4.37. The molecule has 4 nitrogen and oxygen atoms in total. The van der Waals surface area contributed by atoms with Crippen LogP contribution in [-0.2, 0) is 10.2 Å². The Morgan fingerprint density at radius 2 is 1.93 bits per heavy atom. The van der Waals surface area contributed by atoms with Crippen LogP contribution in [0.25, 0.3) is 22.2 Å². The summed E-state index contributed by atoms with van der Waals surface area (Å²) >= 11 is 0. The molecule has 1 N–H and O–H groups in total. The quantitative estimate of drug-likeness (QED) is 0.681. The Kier molecular flexibility index (Phi) is 3.38. The molecule has 4 heterocycles. The van der Waals surface area contributed by atoms with E-state index in [1.54, 1.807) is 18.5 Å². The summed E-state index contributed by atoms with van der Waals surface area (Å²) in [4.78, 5) is 8.61. The minimum Gasteiger partial charge on any atom is -0.377 e. The van der Waals surface area contributed by atoms with Crippen LogP contribution in [0.4, 0.5) is 10.1 Å². The van der Waals surface area contributed by atoms with E-state index in [2.05, 4.69) is 36.1 Å². The topological polar surface area (TPSA) is 47.0 Å². The fourth-order valence-electron chi connectivity index (χ4n) is 4.97. The molecule has 2 aliphatic rings. The third kappa shape index (κ3) is 2.31. The normalized spacial score (nSPS) is 25.7. The van der Waals surface area contributed by atoms with Crippen LogP contribution in [-0.4, -0.2) is 28.2 Å². The number of benzene rings is 1. The fraction of sp³-hybridized carbons (Fsp3) is 0.364. The van der Waals surface area contributed by atoms with Crippen LogP contribution in [0.15, 0.2) is 42.7 Å². The standard InChI is InChI=1S/C22H22FN3O/c1-21(2)20-22(3,7-10-27-20)16-11-15(17(23)12-18(16)26-21)13-6-9-25-19-14(13)5-4-8-24-19/h4-6,8-9,11-12,20,26H,7,10H2,1-3H3. The third-order valence-corrected chi connectivity index (χ3v) is 6.12. The number of ether oxygens (including phenoxy) is 1. The van der Waals surface area contributed by atoms with Crippen molar-refractivity contribution in [1.29, 1.82) is 0 Å². The molecule has 2 atom stereocenters. The van der Waals surface area contributed by atoms with E-state index in [9.17, 15) is 0 Å². The van der Waals surface area contributed by atoms with E-state index in [4.69, 9.17) is 4.74 Å². The lowest BCUT2D eigenvalue weighted by Gasteiger charge is -2.48. The molecule has 1 fully saturated rings. The number of halogens is 1. The SMILES string of the molecule is CC1(C)Nc2cc(F)c(-c3ccnc4ncccc34)cc2C2(C)CCOC12. The largest absolute Gasteiger partial charge is 0.377 e. The van der Waals surface area contributed by atoms with E-state index in [-0.39, 0.29) is 22.9 Å². The highest BCUT2D eigenvalue weighted by Gasteiger charge is 2.53. The van der Waals surface area contributed by atoms with E-state index in [1.807, 2.05) is 24.3 Å². The van der Waals surface area contributed by atoms with Crippen molar-refractivity contribution in [3.8, 4) is 11.1 Å². The number of hydrogen-bond donors (Lipinski definition) is 1. The zero-order valence-corrected chi connectivity index (χ0v) is 15.7. The second kappa shape index (κ2) is 5.49. The van der Waals surface area contributed by atoms with Gasteiger partial charge in [0.2, 0.25) is 0 Å². The monoisotopic (exact) mass is 363 g/mol. The average molecular weight is 363 g/mol. The van der Waals surface area contributed by atoms with E-state index in [0.29, 0.717) is 11.2 Å². The van der Waals surface area contributed by atoms with Crippen molar-refractivity contribution in [3.63, 3.8) is 0 Å². The highest BCUT2D eigenvalue weighted by molar-refractivity contribution is 5.93. The highest BCUT2D eigenvalue weighted by atomic mass is 19.1. The molecule has 2 aromatic heterocycles. The molecular weight excluding hydrogens is 341 g/mol. The first kappa shape index (κ1) is 16.6. The number of nitrogens with zero attached hydrogens (tertiary/aromatic N) is 2. The molecule has 2 unspecified atom stereocenters. The lowest BCUT2D eigenvalue weighted by Crippen LogP contribution is -2.56. The predicted molar refractivity (Wildman–Crippen MR) is 104 cm³/mol. The van der Waals surface area contributed by atoms with Crippen LogP contribution in [0.3, 0.4) is 0 Å². The summed E-state index contributed by atoms with van der Waals surface area (Å²) in [5.41, 5.74) is 3.61. The van der Waals surface area contributed by atoms with E-state index in [1.165, 1.54) is 0 Å². The Morgan fingerprint density at radius 1 is 1.11 bits per heavy atom. The number of fused-ring (bicyclic) bond motifs is 4. The van der Waals surface area contributed by atoms with Crippen molar-refractivity contribution in [1.82, 2.24) is 9.97 Å². The van der Waals surface area contributed by atoms with Crippen LogP contribution in [0, 0.1) is 5.82 Å². The molecule has 0 aliphatic carbocycles. The summed E-state index contributed by atoms with van der Waals surface area (Å²) in [6, 6.07) is 9.29. The molecule has 27 heavy (non-hydrogen) atoms. The molecule has 2 aliphatic heterocycles. The van der Waals surface area contributed by atoms with Crippen LogP contribution in [0.2, 0.25) is 0 Å². The number of anilines is 1. The summed E-state index contributed by atoms with van der Waals surface area (Å²) in [6.45, 7) is 7.20. The van der Waals surface area contributed by atoms with Gasteiger partial charge in [-0.1, -0.05) is 6.92 Å². The average Bonchev–Trinajstić information content (AvgIpc) is 3.05. The number of hydrogen-bond acceptors (Lipinski definition) is 4. The number of pyridine rings is 2. The van der Waals surface area contributed by atoms with Gasteiger partial charge in [-0.05, 0) is 61.7 Å². The van der Waals surface area contributed by atoms with Crippen molar-refractivity contribution in [2.45, 2.75) is 44.2 Å². The number of aromatic nitrogens is 2. The lowest BCUT2D eigenvalue weighted by molar-refractivity contribution is 0.0352. The van der Waals surface area contributed by atoms with E-state index < -0.39 is 0 Å². The van der Waals surface area contributed by atoms with Gasteiger partial charge in [0.05, 0.1) is 11.6 Å². The first-order valence-corrected chi connectivity index (χ1v) is 9.34. The Morgan fingerprint density at radius 3 is 2.78 bits per heavy atom. The lowest BCUT2D eigenvalue weighted by atomic mass is 9.66. The summed E-state index contributed by atoms with van der Waals surface area (Å²) < 4.78 is 21.3. The summed E-state index contributed by atoms with van der Waals surface area (Å²) in [5.74, 6) is -0.241. The smallest absolute Gasteiger partial charge is 0.159 e. The maximum Gasteiger partial charge on any atom is 0.159 e. The zero-order chi connectivity index (χ0) is 18.8. The van der Waals surface area contributed by atoms with Crippen LogP contribution >= 0.6 is 0 Å². The maximum atomic E-state index is 15.2. The molecule has 1 aromatic carbocycles. The molecule has 5 rings (SSSR count). The van der Waals surface area contributed by atoms with Crippen LogP contribution in [0.5, 0.6) is 0 Å². The predicted octanol–water partition coefficient (Wildman–Crippen LogP) is 4.69. The summed E-state index contributed by atoms with van der Waals surface area (Å²) in [5, 5.41) is 4.35. The van der Waals surface area contributed by atoms with Gasteiger partial charge in [0.25, 0.3) is 0 Å². The first-order chi connectivity index (χ1) is 12.9. The molecule has 1 saturated heterocycles. The second-order valence-corrected chi connectivity index (χ2v) is 8.38. The maximum absolute atomic E-state index is 15.2. The Labute approximate surface area is 157 Å². The van der Waals surface area contributed by atoms with Crippen molar-refractivity contribution >= 4 is 16.7 Å². The van der Waals surface area contributed by atoms with Gasteiger partial charge in [0, 0.05) is 41.1 Å². The van der Waals surface area contributed by atoms with E-state index in [0.717, 1.165) is 35.2 Å². The molecule has 0 saturated carbocycles. The minimum atomic E-state index is -0.251. The molecule has 0 radical (unpaired) electrons. The third-order valence-electron chi connectivity index (χ3n) is 6.12. The first-order valence-electron chi connectivity index (χ1n) is 9.34. The molecule has 0 spiro atoms. The summed E-state index contributed by atoms with van der Waals surface area (Å²) in [7, 11) is 0. The fourth-order valence-corrected chi connectivity index (χ4v) is 4.97. The van der Waals surface area contributed by atoms with Gasteiger partial charge in [0.1, 0.15) is 5.82 Å². The molecule has 5 heteroatoms. The van der Waals surface area contributed by atoms with Gasteiger partial charge in [-0.3, -0.25) is 0 Å². The molecular formula is C22H22FN3O. The Balaban J connectivity index is 1.76. The van der Waals surface area contributed by atoms with Gasteiger partial charge in [0.15, 0.2) is 5.65 Å². The van der Waals surface area contributed by atoms with Gasteiger partial charge in [-0.25, -0.2) is 14.4 Å². The van der Waals surface area contributed by atoms with Crippen molar-refractivity contribution < 1.29 is 9.13 Å². The van der Waals surface area contributed by atoms with Crippen molar-refractivity contribution in [2.75, 3.05) is 11.9 Å². The van der Waals surface area contributed by atoms with E-state index >= 15 is 4.39 Å². The molecule has 3 aromatic rings. The van der Waals surface area contributed by atoms with Crippen LogP contribution in [0.1, 0.15) is 32.8 Å².